The molecule has 0 fully saturated rings. The Kier molecular flexibility index (Phi) is 4.98. The highest BCUT2D eigenvalue weighted by Gasteiger charge is 2.31. The van der Waals surface area contributed by atoms with E-state index < -0.39 is 0 Å². The molecule has 5 nitrogen and oxygen atoms in total. The molecule has 1 aliphatic heterocycles. The molecule has 2 aromatic carbocycles. The van der Waals surface area contributed by atoms with Crippen LogP contribution in [0.1, 0.15) is 28.5 Å². The maximum absolute atomic E-state index is 13.0. The van der Waals surface area contributed by atoms with Crippen LogP contribution in [0.15, 0.2) is 66.9 Å². The molecular formula is C23H23N3O2. The van der Waals surface area contributed by atoms with Gasteiger partial charge in [0, 0.05) is 18.3 Å². The van der Waals surface area contributed by atoms with Gasteiger partial charge in [-0.15, -0.1) is 0 Å². The Bertz CT molecular complexity index is 968. The molecule has 28 heavy (non-hydrogen) atoms. The Hall–Kier alpha value is -3.34. The van der Waals surface area contributed by atoms with Gasteiger partial charge in [0.15, 0.2) is 0 Å². The zero-order valence-corrected chi connectivity index (χ0v) is 16.1. The Morgan fingerprint density at radius 1 is 1.14 bits per heavy atom. The van der Waals surface area contributed by atoms with Crippen molar-refractivity contribution in [3.05, 3.63) is 83.7 Å². The van der Waals surface area contributed by atoms with E-state index in [0.29, 0.717) is 12.2 Å². The lowest BCUT2D eigenvalue weighted by atomic mass is 10.1. The number of aromatic nitrogens is 1. The smallest absolute Gasteiger partial charge is 0.277 e. The quantitative estimate of drug-likeness (QED) is 0.725. The van der Waals surface area contributed by atoms with Gasteiger partial charge < -0.3 is 15.0 Å². The third kappa shape index (κ3) is 3.56. The molecule has 4 rings (SSSR count). The van der Waals surface area contributed by atoms with Crippen LogP contribution in [0.3, 0.4) is 0 Å². The topological polar surface area (TPSA) is 54.5 Å². The molecule has 2 heterocycles. The normalized spacial score (nSPS) is 15.2. The molecule has 0 saturated heterocycles. The summed E-state index contributed by atoms with van der Waals surface area (Å²) < 4.78 is 5.17. The van der Waals surface area contributed by atoms with Crippen LogP contribution in [0.25, 0.3) is 0 Å². The predicted molar refractivity (Wildman–Crippen MR) is 111 cm³/mol. The second-order valence-corrected chi connectivity index (χ2v) is 6.99. The van der Waals surface area contributed by atoms with Gasteiger partial charge in [0.2, 0.25) is 0 Å². The van der Waals surface area contributed by atoms with Crippen molar-refractivity contribution < 1.29 is 9.53 Å². The van der Waals surface area contributed by atoms with E-state index in [1.165, 1.54) is 5.56 Å². The summed E-state index contributed by atoms with van der Waals surface area (Å²) in [6, 6.07) is 19.8. The first-order valence-corrected chi connectivity index (χ1v) is 9.40. The molecule has 0 saturated carbocycles. The summed E-state index contributed by atoms with van der Waals surface area (Å²) in [7, 11) is 1.66. The zero-order valence-electron chi connectivity index (χ0n) is 16.1. The van der Waals surface area contributed by atoms with Gasteiger partial charge in [-0.05, 0) is 54.8 Å². The van der Waals surface area contributed by atoms with E-state index in [9.17, 15) is 4.79 Å². The van der Waals surface area contributed by atoms with Crippen molar-refractivity contribution >= 4 is 17.3 Å². The first-order chi connectivity index (χ1) is 13.7. The van der Waals surface area contributed by atoms with Gasteiger partial charge in [-0.25, -0.2) is 4.98 Å². The second-order valence-electron chi connectivity index (χ2n) is 6.99. The van der Waals surface area contributed by atoms with Crippen LogP contribution in [0.5, 0.6) is 5.75 Å². The van der Waals surface area contributed by atoms with E-state index in [1.54, 1.807) is 19.4 Å². The summed E-state index contributed by atoms with van der Waals surface area (Å²) in [5.41, 5.74) is 4.67. The molecule has 1 aromatic heterocycles. The number of rotatable bonds is 5. The van der Waals surface area contributed by atoms with Crippen molar-refractivity contribution in [3.63, 3.8) is 0 Å². The van der Waals surface area contributed by atoms with Crippen molar-refractivity contribution in [2.24, 2.45) is 0 Å². The van der Waals surface area contributed by atoms with Gasteiger partial charge >= 0.3 is 0 Å². The summed E-state index contributed by atoms with van der Waals surface area (Å²) in [4.78, 5) is 19.2. The van der Waals surface area contributed by atoms with Crippen LogP contribution < -0.4 is 15.0 Å². The lowest BCUT2D eigenvalue weighted by molar-refractivity contribution is 0.0976. The number of hydrogen-bond donors (Lipinski definition) is 1. The van der Waals surface area contributed by atoms with Gasteiger partial charge in [-0.1, -0.05) is 30.3 Å². The number of ether oxygens (including phenoxy) is 1. The van der Waals surface area contributed by atoms with Crippen LogP contribution in [0.2, 0.25) is 0 Å². The van der Waals surface area contributed by atoms with Crippen LogP contribution in [-0.2, 0) is 13.0 Å². The number of methoxy groups -OCH3 is 1. The maximum Gasteiger partial charge on any atom is 0.277 e. The number of para-hydroxylation sites is 1. The Balaban J connectivity index is 1.43. The van der Waals surface area contributed by atoms with E-state index in [2.05, 4.69) is 23.3 Å². The van der Waals surface area contributed by atoms with Gasteiger partial charge in [-0.2, -0.15) is 0 Å². The predicted octanol–water partition coefficient (Wildman–Crippen LogP) is 4.29. The molecule has 1 N–H and O–H groups in total. The monoisotopic (exact) mass is 373 g/mol. The van der Waals surface area contributed by atoms with Gasteiger partial charge in [0.05, 0.1) is 19.0 Å². The zero-order chi connectivity index (χ0) is 19.5. The number of nitrogens with zero attached hydrogens (tertiary/aromatic N) is 2. The number of fused-ring (bicyclic) bond motifs is 1. The SMILES string of the molecule is COc1ccc(CNc2ccc(C(=O)N3c4ccccc4CC3C)nc2)cc1. The van der Waals surface area contributed by atoms with Gasteiger partial charge in [-0.3, -0.25) is 4.79 Å². The number of carbonyl (C=O) groups is 1. The molecule has 0 spiro atoms. The Morgan fingerprint density at radius 3 is 2.64 bits per heavy atom. The van der Waals surface area contributed by atoms with E-state index in [1.807, 2.05) is 53.4 Å². The first kappa shape index (κ1) is 18.0. The largest absolute Gasteiger partial charge is 0.497 e. The highest BCUT2D eigenvalue weighted by atomic mass is 16.5. The molecule has 0 radical (unpaired) electrons. The molecule has 0 bridgehead atoms. The minimum Gasteiger partial charge on any atom is -0.497 e. The number of carbonyl (C=O) groups excluding carboxylic acids is 1. The summed E-state index contributed by atoms with van der Waals surface area (Å²) in [6.07, 6.45) is 2.59. The fourth-order valence-electron chi connectivity index (χ4n) is 3.57. The molecule has 3 aromatic rings. The van der Waals surface area contributed by atoms with Crippen LogP contribution in [0, 0.1) is 0 Å². The number of nitrogens with one attached hydrogen (secondary N) is 1. The third-order valence-corrected chi connectivity index (χ3v) is 5.06. The summed E-state index contributed by atoms with van der Waals surface area (Å²) in [6.45, 7) is 2.75. The number of hydrogen-bond acceptors (Lipinski definition) is 4. The van der Waals surface area contributed by atoms with E-state index in [4.69, 9.17) is 4.74 Å². The van der Waals surface area contributed by atoms with E-state index in [-0.39, 0.29) is 11.9 Å². The van der Waals surface area contributed by atoms with E-state index in [0.717, 1.165) is 29.1 Å². The van der Waals surface area contributed by atoms with Crippen LogP contribution in [0.4, 0.5) is 11.4 Å². The molecule has 142 valence electrons. The highest BCUT2D eigenvalue weighted by molar-refractivity contribution is 6.06. The average molecular weight is 373 g/mol. The third-order valence-electron chi connectivity index (χ3n) is 5.06. The van der Waals surface area contributed by atoms with Crippen molar-refractivity contribution in [3.8, 4) is 5.75 Å². The van der Waals surface area contributed by atoms with Gasteiger partial charge in [0.1, 0.15) is 11.4 Å². The van der Waals surface area contributed by atoms with Crippen molar-refractivity contribution in [2.75, 3.05) is 17.3 Å². The van der Waals surface area contributed by atoms with Crippen molar-refractivity contribution in [1.82, 2.24) is 4.98 Å². The lowest BCUT2D eigenvalue weighted by Crippen LogP contribution is -2.36. The molecule has 1 atom stereocenters. The van der Waals surface area contributed by atoms with Crippen molar-refractivity contribution in [2.45, 2.75) is 25.9 Å². The standard InChI is InChI=1S/C23H23N3O2/c1-16-13-18-5-3-4-6-22(18)26(16)23(27)21-12-9-19(15-25-21)24-14-17-7-10-20(28-2)11-8-17/h3-12,15-16,24H,13-14H2,1-2H3. The summed E-state index contributed by atoms with van der Waals surface area (Å²) >= 11 is 0. The van der Waals surface area contributed by atoms with E-state index >= 15 is 0 Å². The molecule has 5 heteroatoms. The summed E-state index contributed by atoms with van der Waals surface area (Å²) in [5.74, 6) is 0.783. The first-order valence-electron chi connectivity index (χ1n) is 9.40. The number of pyridine rings is 1. The maximum atomic E-state index is 13.0. The Labute approximate surface area is 165 Å². The number of amides is 1. The molecule has 1 unspecified atom stereocenters. The van der Waals surface area contributed by atoms with Crippen LogP contribution in [-0.4, -0.2) is 24.0 Å². The molecular weight excluding hydrogens is 350 g/mol. The Morgan fingerprint density at radius 2 is 1.93 bits per heavy atom. The molecule has 1 amide bonds. The lowest BCUT2D eigenvalue weighted by Gasteiger charge is -2.22. The van der Waals surface area contributed by atoms with Crippen molar-refractivity contribution in [1.29, 1.82) is 0 Å². The number of benzene rings is 2. The fraction of sp³-hybridized carbons (Fsp3) is 0.217. The van der Waals surface area contributed by atoms with Crippen LogP contribution >= 0.6 is 0 Å². The minimum absolute atomic E-state index is 0.0563. The summed E-state index contributed by atoms with van der Waals surface area (Å²) in [5, 5.41) is 3.33. The highest BCUT2D eigenvalue weighted by Crippen LogP contribution is 2.32. The van der Waals surface area contributed by atoms with Gasteiger partial charge in [0.25, 0.3) is 5.91 Å². The second kappa shape index (κ2) is 7.72. The fourth-order valence-corrected chi connectivity index (χ4v) is 3.57. The average Bonchev–Trinajstić information content (AvgIpc) is 3.08. The molecule has 0 aliphatic carbocycles. The minimum atomic E-state index is -0.0563. The number of anilines is 2. The molecule has 1 aliphatic rings.